The fraction of sp³-hybridized carbons (Fsp3) is 0.154. The standard InChI is InChI=1S/C13H12N2O3/c1-2-3-6-18-12-10-5-4-9(13(16)17)7-11(10)14-8-15-12/h2-5,7-8H,6H2,1H3,(H,16,17). The molecule has 0 fully saturated rings. The van der Waals surface area contributed by atoms with Gasteiger partial charge in [0.05, 0.1) is 16.5 Å². The molecule has 5 nitrogen and oxygen atoms in total. The van der Waals surface area contributed by atoms with E-state index >= 15 is 0 Å². The highest BCUT2D eigenvalue weighted by atomic mass is 16.5. The van der Waals surface area contributed by atoms with Crippen molar-refractivity contribution in [3.8, 4) is 5.88 Å². The monoisotopic (exact) mass is 244 g/mol. The number of aromatic carboxylic acids is 1. The lowest BCUT2D eigenvalue weighted by Crippen LogP contribution is -2.00. The highest BCUT2D eigenvalue weighted by Gasteiger charge is 2.08. The minimum absolute atomic E-state index is 0.195. The lowest BCUT2D eigenvalue weighted by atomic mass is 10.1. The number of allylic oxidation sites excluding steroid dienone is 1. The maximum atomic E-state index is 10.9. The van der Waals surface area contributed by atoms with Crippen molar-refractivity contribution in [2.45, 2.75) is 6.92 Å². The van der Waals surface area contributed by atoms with Gasteiger partial charge in [-0.3, -0.25) is 0 Å². The summed E-state index contributed by atoms with van der Waals surface area (Å²) in [4.78, 5) is 18.9. The van der Waals surface area contributed by atoms with Crippen molar-refractivity contribution >= 4 is 16.9 Å². The Morgan fingerprint density at radius 1 is 1.44 bits per heavy atom. The molecule has 0 saturated heterocycles. The molecule has 0 saturated carbocycles. The van der Waals surface area contributed by atoms with Crippen LogP contribution in [0.4, 0.5) is 0 Å². The molecule has 2 aromatic rings. The predicted octanol–water partition coefficient (Wildman–Crippen LogP) is 2.28. The van der Waals surface area contributed by atoms with E-state index in [2.05, 4.69) is 9.97 Å². The normalized spacial score (nSPS) is 10.9. The van der Waals surface area contributed by atoms with Crippen LogP contribution < -0.4 is 4.74 Å². The zero-order chi connectivity index (χ0) is 13.0. The fourth-order valence-electron chi connectivity index (χ4n) is 1.50. The molecule has 0 atom stereocenters. The number of fused-ring (bicyclic) bond motifs is 1. The van der Waals surface area contributed by atoms with Gasteiger partial charge in [-0.1, -0.05) is 12.2 Å². The maximum absolute atomic E-state index is 10.9. The molecule has 0 spiro atoms. The van der Waals surface area contributed by atoms with Gasteiger partial charge in [0.1, 0.15) is 12.9 Å². The lowest BCUT2D eigenvalue weighted by molar-refractivity contribution is 0.0697. The van der Waals surface area contributed by atoms with E-state index in [1.807, 2.05) is 19.1 Å². The molecule has 0 bridgehead atoms. The molecule has 0 amide bonds. The third-order valence-corrected chi connectivity index (χ3v) is 2.40. The van der Waals surface area contributed by atoms with Crippen LogP contribution in [0.2, 0.25) is 0 Å². The number of hydrogen-bond donors (Lipinski definition) is 1. The second kappa shape index (κ2) is 5.27. The number of ether oxygens (including phenoxy) is 1. The Morgan fingerprint density at radius 2 is 2.28 bits per heavy atom. The van der Waals surface area contributed by atoms with E-state index in [9.17, 15) is 4.79 Å². The first-order chi connectivity index (χ1) is 8.72. The Morgan fingerprint density at radius 3 is 3.00 bits per heavy atom. The Bertz CT molecular complexity index is 608. The SMILES string of the molecule is CC=CCOc1ncnc2cc(C(=O)O)ccc12. The molecule has 1 aromatic carbocycles. The number of benzene rings is 1. The van der Waals surface area contributed by atoms with Gasteiger partial charge in [0.25, 0.3) is 0 Å². The van der Waals surface area contributed by atoms with Gasteiger partial charge in [-0.05, 0) is 25.1 Å². The van der Waals surface area contributed by atoms with Gasteiger partial charge < -0.3 is 9.84 Å². The number of hydrogen-bond acceptors (Lipinski definition) is 4. The number of rotatable bonds is 4. The van der Waals surface area contributed by atoms with Gasteiger partial charge in [-0.15, -0.1) is 0 Å². The van der Waals surface area contributed by atoms with Crippen LogP contribution in [0.25, 0.3) is 10.9 Å². The molecule has 1 heterocycles. The van der Waals surface area contributed by atoms with E-state index in [1.165, 1.54) is 18.5 Å². The summed E-state index contributed by atoms with van der Waals surface area (Å²) in [6.07, 6.45) is 5.10. The Hall–Kier alpha value is -2.43. The van der Waals surface area contributed by atoms with Crippen molar-refractivity contribution in [1.82, 2.24) is 9.97 Å². The van der Waals surface area contributed by atoms with E-state index in [1.54, 1.807) is 6.07 Å². The topological polar surface area (TPSA) is 72.3 Å². The minimum atomic E-state index is -0.980. The van der Waals surface area contributed by atoms with E-state index < -0.39 is 5.97 Å². The van der Waals surface area contributed by atoms with Crippen molar-refractivity contribution in [3.05, 3.63) is 42.2 Å². The second-order valence-electron chi connectivity index (χ2n) is 3.60. The molecule has 0 unspecified atom stereocenters. The summed E-state index contributed by atoms with van der Waals surface area (Å²) in [6.45, 7) is 2.32. The molecule has 0 aliphatic carbocycles. The molecule has 0 aliphatic rings. The van der Waals surface area contributed by atoms with Crippen LogP contribution in [-0.4, -0.2) is 27.7 Å². The second-order valence-corrected chi connectivity index (χ2v) is 3.60. The predicted molar refractivity (Wildman–Crippen MR) is 66.8 cm³/mol. The molecule has 92 valence electrons. The van der Waals surface area contributed by atoms with Gasteiger partial charge in [0.15, 0.2) is 0 Å². The zero-order valence-electron chi connectivity index (χ0n) is 9.83. The first kappa shape index (κ1) is 12.0. The molecular weight excluding hydrogens is 232 g/mol. The van der Waals surface area contributed by atoms with Gasteiger partial charge in [-0.25, -0.2) is 14.8 Å². The van der Waals surface area contributed by atoms with E-state index in [0.29, 0.717) is 23.4 Å². The summed E-state index contributed by atoms with van der Waals surface area (Å²) < 4.78 is 5.47. The number of carboxylic acids is 1. The molecular formula is C13H12N2O3. The Balaban J connectivity index is 2.40. The minimum Gasteiger partial charge on any atom is -0.478 e. The van der Waals surface area contributed by atoms with Crippen molar-refractivity contribution in [3.63, 3.8) is 0 Å². The van der Waals surface area contributed by atoms with Gasteiger partial charge in [0, 0.05) is 0 Å². The lowest BCUT2D eigenvalue weighted by Gasteiger charge is -2.05. The highest BCUT2D eigenvalue weighted by molar-refractivity contribution is 5.94. The maximum Gasteiger partial charge on any atom is 0.335 e. The van der Waals surface area contributed by atoms with Gasteiger partial charge in [0.2, 0.25) is 5.88 Å². The molecule has 18 heavy (non-hydrogen) atoms. The van der Waals surface area contributed by atoms with Gasteiger partial charge >= 0.3 is 5.97 Å². The summed E-state index contributed by atoms with van der Waals surface area (Å²) in [5.41, 5.74) is 0.751. The van der Waals surface area contributed by atoms with E-state index in [0.717, 1.165) is 0 Å². The summed E-state index contributed by atoms with van der Waals surface area (Å²) >= 11 is 0. The van der Waals surface area contributed by atoms with Crippen LogP contribution in [0.1, 0.15) is 17.3 Å². The average molecular weight is 244 g/mol. The summed E-state index contributed by atoms with van der Waals surface area (Å²) in [6, 6.07) is 4.67. The van der Waals surface area contributed by atoms with Crippen LogP contribution in [0, 0.1) is 0 Å². The zero-order valence-corrected chi connectivity index (χ0v) is 9.83. The van der Waals surface area contributed by atoms with E-state index in [4.69, 9.17) is 9.84 Å². The largest absolute Gasteiger partial charge is 0.478 e. The number of carbonyl (C=O) groups is 1. The van der Waals surface area contributed by atoms with E-state index in [-0.39, 0.29) is 5.56 Å². The molecule has 1 aromatic heterocycles. The molecule has 2 rings (SSSR count). The number of carboxylic acid groups (broad SMARTS) is 1. The Kier molecular flexibility index (Phi) is 3.52. The summed E-state index contributed by atoms with van der Waals surface area (Å²) in [7, 11) is 0. The summed E-state index contributed by atoms with van der Waals surface area (Å²) in [5, 5.41) is 9.60. The third-order valence-electron chi connectivity index (χ3n) is 2.40. The van der Waals surface area contributed by atoms with Crippen molar-refractivity contribution in [1.29, 1.82) is 0 Å². The first-order valence-electron chi connectivity index (χ1n) is 5.44. The smallest absolute Gasteiger partial charge is 0.335 e. The van der Waals surface area contributed by atoms with Crippen molar-refractivity contribution in [2.24, 2.45) is 0 Å². The number of aromatic nitrogens is 2. The Labute approximate surface area is 104 Å². The van der Waals surface area contributed by atoms with Crippen LogP contribution in [0.5, 0.6) is 5.88 Å². The van der Waals surface area contributed by atoms with Crippen LogP contribution >= 0.6 is 0 Å². The average Bonchev–Trinajstić information content (AvgIpc) is 2.38. The third kappa shape index (κ3) is 2.45. The molecule has 1 N–H and O–H groups in total. The molecule has 0 radical (unpaired) electrons. The quantitative estimate of drug-likeness (QED) is 0.835. The van der Waals surface area contributed by atoms with Crippen LogP contribution in [0.3, 0.4) is 0 Å². The highest BCUT2D eigenvalue weighted by Crippen LogP contribution is 2.22. The van der Waals surface area contributed by atoms with Gasteiger partial charge in [-0.2, -0.15) is 0 Å². The van der Waals surface area contributed by atoms with Crippen molar-refractivity contribution in [2.75, 3.05) is 6.61 Å². The van der Waals surface area contributed by atoms with Crippen molar-refractivity contribution < 1.29 is 14.6 Å². The molecule has 5 heteroatoms. The first-order valence-corrected chi connectivity index (χ1v) is 5.44. The molecule has 0 aliphatic heterocycles. The van der Waals surface area contributed by atoms with Crippen LogP contribution in [-0.2, 0) is 0 Å². The summed E-state index contributed by atoms with van der Waals surface area (Å²) in [5.74, 6) is -0.526. The number of nitrogens with zero attached hydrogens (tertiary/aromatic N) is 2. The fourth-order valence-corrected chi connectivity index (χ4v) is 1.50. The van der Waals surface area contributed by atoms with Crippen LogP contribution in [0.15, 0.2) is 36.7 Å².